The molecule has 0 aliphatic carbocycles. The van der Waals surface area contributed by atoms with Crippen molar-refractivity contribution in [3.63, 3.8) is 0 Å². The fourth-order valence-electron chi connectivity index (χ4n) is 5.57. The summed E-state index contributed by atoms with van der Waals surface area (Å²) in [6.45, 7) is 10.7. The molecule has 0 saturated carbocycles. The first-order valence-electron chi connectivity index (χ1n) is 12.9. The Morgan fingerprint density at radius 3 is 2.69 bits per heavy atom. The minimum Gasteiger partial charge on any atom is -0.367 e. The quantitative estimate of drug-likeness (QED) is 0.446. The highest BCUT2D eigenvalue weighted by molar-refractivity contribution is 6.07. The van der Waals surface area contributed by atoms with Crippen LogP contribution in [0.2, 0.25) is 0 Å². The maximum Gasteiger partial charge on any atom is 0.259 e. The number of anilines is 3. The summed E-state index contributed by atoms with van der Waals surface area (Å²) in [6.07, 6.45) is 7.63. The van der Waals surface area contributed by atoms with Gasteiger partial charge in [-0.2, -0.15) is 0 Å². The number of amides is 1. The summed E-state index contributed by atoms with van der Waals surface area (Å²) < 4.78 is 0. The van der Waals surface area contributed by atoms with E-state index in [0.717, 1.165) is 30.9 Å². The molecule has 5 rings (SSSR count). The van der Waals surface area contributed by atoms with Crippen molar-refractivity contribution in [1.82, 2.24) is 15.3 Å². The third-order valence-corrected chi connectivity index (χ3v) is 7.68. The predicted molar refractivity (Wildman–Crippen MR) is 146 cm³/mol. The van der Waals surface area contributed by atoms with Gasteiger partial charge in [-0.25, -0.2) is 4.98 Å². The molecule has 7 nitrogen and oxygen atoms in total. The molecule has 0 bridgehead atoms. The molecule has 3 N–H and O–H groups in total. The highest BCUT2D eigenvalue weighted by atomic mass is 16.1. The number of pyridine rings is 2. The third-order valence-electron chi connectivity index (χ3n) is 7.68. The first kappa shape index (κ1) is 24.3. The van der Waals surface area contributed by atoms with E-state index >= 15 is 0 Å². The lowest BCUT2D eigenvalue weighted by Crippen LogP contribution is -2.44. The first-order valence-corrected chi connectivity index (χ1v) is 12.9. The third kappa shape index (κ3) is 5.07. The number of hydrogen-bond acceptors (Lipinski definition) is 6. The largest absolute Gasteiger partial charge is 0.367 e. The molecule has 1 unspecified atom stereocenters. The van der Waals surface area contributed by atoms with E-state index in [2.05, 4.69) is 63.7 Å². The maximum absolute atomic E-state index is 13.3. The van der Waals surface area contributed by atoms with E-state index in [4.69, 9.17) is 0 Å². The molecule has 7 heteroatoms. The Bertz CT molecular complexity index is 1210. The van der Waals surface area contributed by atoms with Crippen LogP contribution in [0.15, 0.2) is 61.1 Å². The number of carbonyl (C=O) groups is 1. The normalized spacial score (nSPS) is 17.9. The Morgan fingerprint density at radius 2 is 1.92 bits per heavy atom. The van der Waals surface area contributed by atoms with Crippen LogP contribution in [0.3, 0.4) is 0 Å². The van der Waals surface area contributed by atoms with Crippen LogP contribution in [0.1, 0.15) is 55.1 Å². The zero-order valence-electron chi connectivity index (χ0n) is 21.4. The Labute approximate surface area is 213 Å². The highest BCUT2D eigenvalue weighted by Crippen LogP contribution is 2.44. The molecule has 188 valence electrons. The van der Waals surface area contributed by atoms with Gasteiger partial charge in [0, 0.05) is 54.5 Å². The summed E-state index contributed by atoms with van der Waals surface area (Å²) in [5, 5.41) is 9.91. The molecule has 1 atom stereocenters. The fourth-order valence-corrected chi connectivity index (χ4v) is 5.57. The van der Waals surface area contributed by atoms with Crippen molar-refractivity contribution < 1.29 is 4.79 Å². The minimum atomic E-state index is -0.171. The number of piperidine rings is 1. The van der Waals surface area contributed by atoms with Gasteiger partial charge in [-0.05, 0) is 86.3 Å². The molecule has 0 spiro atoms. The van der Waals surface area contributed by atoms with Crippen molar-refractivity contribution >= 4 is 23.1 Å². The standard InChI is InChI=1S/C29H36N6O/c1-20(22-10-15-31-16-11-22)35-19-29(2,3)25-7-6-23(17-26(25)35)34-28(36)24-5-4-12-32-27(24)33-18-21-8-13-30-14-9-21/h4-9,12-14,17,20,22,31H,10-11,15-16,18-19H2,1-3H3,(H,32,33)(H,34,36). The monoisotopic (exact) mass is 484 g/mol. The van der Waals surface area contributed by atoms with Gasteiger partial charge in [0.05, 0.1) is 5.56 Å². The number of nitrogens with zero attached hydrogens (tertiary/aromatic N) is 3. The van der Waals surface area contributed by atoms with Gasteiger partial charge in [0.25, 0.3) is 5.91 Å². The van der Waals surface area contributed by atoms with Gasteiger partial charge in [0.15, 0.2) is 0 Å². The number of aromatic nitrogens is 2. The molecule has 2 aliphatic rings. The summed E-state index contributed by atoms with van der Waals surface area (Å²) in [4.78, 5) is 24.4. The van der Waals surface area contributed by atoms with Gasteiger partial charge >= 0.3 is 0 Å². The van der Waals surface area contributed by atoms with E-state index < -0.39 is 0 Å². The predicted octanol–water partition coefficient (Wildman–Crippen LogP) is 4.83. The molecule has 1 amide bonds. The fraction of sp³-hybridized carbons (Fsp3) is 0.414. The molecule has 1 fully saturated rings. The molecular weight excluding hydrogens is 448 g/mol. The molecule has 2 aromatic heterocycles. The van der Waals surface area contributed by atoms with Crippen LogP contribution in [-0.2, 0) is 12.0 Å². The van der Waals surface area contributed by atoms with E-state index in [1.807, 2.05) is 18.2 Å². The smallest absolute Gasteiger partial charge is 0.259 e. The lowest BCUT2D eigenvalue weighted by molar-refractivity contribution is 0.102. The lowest BCUT2D eigenvalue weighted by Gasteiger charge is -2.37. The Morgan fingerprint density at radius 1 is 1.14 bits per heavy atom. The molecular formula is C29H36N6O. The number of carbonyl (C=O) groups excluding carboxylic acids is 1. The SMILES string of the molecule is CC(C1CCNCC1)N1CC(C)(C)c2ccc(NC(=O)c3cccnc3NCc3ccncc3)cc21. The number of fused-ring (bicyclic) bond motifs is 1. The zero-order chi connectivity index (χ0) is 25.1. The summed E-state index contributed by atoms with van der Waals surface area (Å²) in [6, 6.07) is 14.3. The molecule has 0 radical (unpaired) electrons. The van der Waals surface area contributed by atoms with Crippen LogP contribution in [0.25, 0.3) is 0 Å². The van der Waals surface area contributed by atoms with Crippen LogP contribution in [-0.4, -0.2) is 41.6 Å². The minimum absolute atomic E-state index is 0.0758. The number of nitrogens with one attached hydrogen (secondary N) is 3. The number of hydrogen-bond donors (Lipinski definition) is 3. The number of benzene rings is 1. The van der Waals surface area contributed by atoms with Crippen LogP contribution in [0.4, 0.5) is 17.2 Å². The highest BCUT2D eigenvalue weighted by Gasteiger charge is 2.39. The van der Waals surface area contributed by atoms with E-state index in [-0.39, 0.29) is 11.3 Å². The van der Waals surface area contributed by atoms with E-state index in [1.54, 1.807) is 30.7 Å². The molecule has 4 heterocycles. The van der Waals surface area contributed by atoms with Crippen molar-refractivity contribution in [2.75, 3.05) is 35.2 Å². The van der Waals surface area contributed by atoms with Crippen molar-refractivity contribution in [3.05, 3.63) is 77.7 Å². The topological polar surface area (TPSA) is 82.2 Å². The lowest BCUT2D eigenvalue weighted by atomic mass is 9.87. The van der Waals surface area contributed by atoms with Gasteiger partial charge < -0.3 is 20.9 Å². The van der Waals surface area contributed by atoms with Crippen molar-refractivity contribution in [2.24, 2.45) is 5.92 Å². The molecule has 2 aliphatic heterocycles. The van der Waals surface area contributed by atoms with Crippen molar-refractivity contribution in [3.8, 4) is 0 Å². The Hall–Kier alpha value is -3.45. The number of rotatable bonds is 7. The van der Waals surface area contributed by atoms with Crippen molar-refractivity contribution in [2.45, 2.75) is 51.6 Å². The van der Waals surface area contributed by atoms with Gasteiger partial charge in [-0.3, -0.25) is 9.78 Å². The second-order valence-corrected chi connectivity index (χ2v) is 10.6. The van der Waals surface area contributed by atoms with Crippen LogP contribution in [0, 0.1) is 5.92 Å². The van der Waals surface area contributed by atoms with E-state index in [0.29, 0.717) is 29.9 Å². The molecule has 1 aromatic carbocycles. The Balaban J connectivity index is 1.34. The van der Waals surface area contributed by atoms with Crippen LogP contribution >= 0.6 is 0 Å². The average Bonchev–Trinajstić information content (AvgIpc) is 3.18. The average molecular weight is 485 g/mol. The van der Waals surface area contributed by atoms with Gasteiger partial charge in [-0.1, -0.05) is 19.9 Å². The van der Waals surface area contributed by atoms with Crippen LogP contribution < -0.4 is 20.9 Å². The summed E-state index contributed by atoms with van der Waals surface area (Å²) >= 11 is 0. The van der Waals surface area contributed by atoms with Gasteiger partial charge in [-0.15, -0.1) is 0 Å². The second-order valence-electron chi connectivity index (χ2n) is 10.6. The second kappa shape index (κ2) is 10.3. The van der Waals surface area contributed by atoms with Gasteiger partial charge in [0.1, 0.15) is 5.82 Å². The zero-order valence-corrected chi connectivity index (χ0v) is 21.4. The molecule has 3 aromatic rings. The molecule has 36 heavy (non-hydrogen) atoms. The summed E-state index contributed by atoms with van der Waals surface area (Å²) in [7, 11) is 0. The summed E-state index contributed by atoms with van der Waals surface area (Å²) in [5.74, 6) is 1.07. The van der Waals surface area contributed by atoms with Gasteiger partial charge in [0.2, 0.25) is 0 Å². The summed E-state index contributed by atoms with van der Waals surface area (Å²) in [5.41, 5.74) is 5.07. The van der Waals surface area contributed by atoms with Crippen LogP contribution in [0.5, 0.6) is 0 Å². The van der Waals surface area contributed by atoms with E-state index in [9.17, 15) is 4.79 Å². The van der Waals surface area contributed by atoms with E-state index in [1.165, 1.54) is 24.1 Å². The molecule has 1 saturated heterocycles. The Kier molecular flexibility index (Phi) is 6.92. The maximum atomic E-state index is 13.3. The first-order chi connectivity index (χ1) is 17.4. The van der Waals surface area contributed by atoms with Crippen molar-refractivity contribution in [1.29, 1.82) is 0 Å².